The fraction of sp³-hybridized carbons (Fsp3) is 0.529. The minimum absolute atomic E-state index is 0.228. The Morgan fingerprint density at radius 3 is 2.27 bits per heavy atom. The average Bonchev–Trinajstić information content (AvgIpc) is 2.42. The van der Waals surface area contributed by atoms with Gasteiger partial charge in [0.25, 0.3) is 0 Å². The van der Waals surface area contributed by atoms with Crippen molar-refractivity contribution in [1.29, 1.82) is 0 Å². The third-order valence-electron chi connectivity index (χ3n) is 2.58. The number of rotatable bonds is 7. The van der Waals surface area contributed by atoms with Crippen LogP contribution in [0.3, 0.4) is 0 Å². The van der Waals surface area contributed by atoms with Crippen molar-refractivity contribution in [2.24, 2.45) is 0 Å². The van der Waals surface area contributed by atoms with Gasteiger partial charge >= 0.3 is 11.9 Å². The molecule has 0 aliphatic carbocycles. The Balaban J connectivity index is 2.31. The van der Waals surface area contributed by atoms with Crippen molar-refractivity contribution in [3.05, 3.63) is 29.8 Å². The van der Waals surface area contributed by atoms with E-state index in [4.69, 9.17) is 14.2 Å². The summed E-state index contributed by atoms with van der Waals surface area (Å²) in [5.41, 5.74) is 0.0314. The summed E-state index contributed by atoms with van der Waals surface area (Å²) in [6.45, 7) is 8.05. The highest BCUT2D eigenvalue weighted by atomic mass is 16.6. The van der Waals surface area contributed by atoms with Gasteiger partial charge in [-0.3, -0.25) is 4.79 Å². The maximum absolute atomic E-state index is 11.5. The van der Waals surface area contributed by atoms with Crippen molar-refractivity contribution in [2.45, 2.75) is 46.1 Å². The number of ether oxygens (including phenoxy) is 3. The van der Waals surface area contributed by atoms with E-state index in [1.807, 2.05) is 20.8 Å². The number of carbonyl (C=O) groups excluding carboxylic acids is 2. The molecule has 0 saturated heterocycles. The molecule has 122 valence electrons. The van der Waals surface area contributed by atoms with Gasteiger partial charge in [0, 0.05) is 6.42 Å². The molecule has 0 bridgehead atoms. The average molecular weight is 308 g/mol. The maximum atomic E-state index is 11.5. The maximum Gasteiger partial charge on any atom is 0.338 e. The van der Waals surface area contributed by atoms with E-state index >= 15 is 0 Å². The summed E-state index contributed by atoms with van der Waals surface area (Å²) in [5, 5.41) is 0. The van der Waals surface area contributed by atoms with Crippen molar-refractivity contribution >= 4 is 11.9 Å². The molecular weight excluding hydrogens is 284 g/mol. The summed E-state index contributed by atoms with van der Waals surface area (Å²) < 4.78 is 15.6. The zero-order valence-corrected chi connectivity index (χ0v) is 13.7. The minimum Gasteiger partial charge on any atom is -0.494 e. The minimum atomic E-state index is -0.457. The number of hydrogen-bond donors (Lipinski definition) is 0. The summed E-state index contributed by atoms with van der Waals surface area (Å²) >= 11 is 0. The molecule has 1 aromatic rings. The summed E-state index contributed by atoms with van der Waals surface area (Å²) in [6.07, 6.45) is 0.896. The third kappa shape index (κ3) is 7.11. The van der Waals surface area contributed by atoms with Gasteiger partial charge < -0.3 is 14.2 Å². The molecule has 5 nitrogen and oxygen atoms in total. The van der Waals surface area contributed by atoms with E-state index in [1.165, 1.54) is 0 Å². The second kappa shape index (κ2) is 8.41. The molecule has 0 amide bonds. The van der Waals surface area contributed by atoms with Crippen LogP contribution in [0, 0.1) is 0 Å². The highest BCUT2D eigenvalue weighted by molar-refractivity contribution is 5.89. The van der Waals surface area contributed by atoms with Gasteiger partial charge in [0.15, 0.2) is 0 Å². The largest absolute Gasteiger partial charge is 0.494 e. The van der Waals surface area contributed by atoms with Crippen LogP contribution in [0.2, 0.25) is 0 Å². The van der Waals surface area contributed by atoms with Crippen LogP contribution in [-0.2, 0) is 14.3 Å². The topological polar surface area (TPSA) is 61.8 Å². The van der Waals surface area contributed by atoms with Crippen molar-refractivity contribution < 1.29 is 23.8 Å². The highest BCUT2D eigenvalue weighted by Gasteiger charge is 2.15. The van der Waals surface area contributed by atoms with Crippen LogP contribution in [0.25, 0.3) is 0 Å². The molecule has 0 saturated carbocycles. The van der Waals surface area contributed by atoms with Crippen molar-refractivity contribution in [3.63, 3.8) is 0 Å². The molecule has 0 aliphatic rings. The van der Waals surface area contributed by atoms with Gasteiger partial charge in [0.2, 0.25) is 0 Å². The van der Waals surface area contributed by atoms with Gasteiger partial charge in [-0.25, -0.2) is 4.79 Å². The normalized spacial score (nSPS) is 10.9. The summed E-state index contributed by atoms with van der Waals surface area (Å²) in [6, 6.07) is 6.72. The van der Waals surface area contributed by atoms with Crippen molar-refractivity contribution in [2.75, 3.05) is 13.2 Å². The lowest BCUT2D eigenvalue weighted by Gasteiger charge is -2.19. The van der Waals surface area contributed by atoms with Gasteiger partial charge in [-0.05, 0) is 58.4 Å². The first-order valence-electron chi connectivity index (χ1n) is 7.43. The Kier molecular flexibility index (Phi) is 6.89. The predicted molar refractivity (Wildman–Crippen MR) is 83.0 cm³/mol. The third-order valence-corrected chi connectivity index (χ3v) is 2.58. The van der Waals surface area contributed by atoms with Gasteiger partial charge in [-0.2, -0.15) is 0 Å². The quantitative estimate of drug-likeness (QED) is 0.571. The molecular formula is C17H24O5. The number of carbonyl (C=O) groups is 2. The lowest BCUT2D eigenvalue weighted by molar-refractivity contribution is -0.155. The molecule has 0 spiro atoms. The van der Waals surface area contributed by atoms with E-state index in [1.54, 1.807) is 31.2 Å². The molecule has 0 atom stereocenters. The van der Waals surface area contributed by atoms with Crippen molar-refractivity contribution in [3.8, 4) is 5.75 Å². The van der Waals surface area contributed by atoms with Gasteiger partial charge in [-0.15, -0.1) is 0 Å². The Hall–Kier alpha value is -2.04. The molecule has 0 aliphatic heterocycles. The van der Waals surface area contributed by atoms with Crippen LogP contribution < -0.4 is 4.74 Å². The van der Waals surface area contributed by atoms with Crippen LogP contribution in [-0.4, -0.2) is 30.8 Å². The standard InChI is InChI=1S/C17H24O5/c1-5-20-16(19)13-8-10-14(11-9-13)21-12-6-7-15(18)22-17(2,3)4/h8-11H,5-7,12H2,1-4H3. The Morgan fingerprint density at radius 2 is 1.73 bits per heavy atom. The fourth-order valence-corrected chi connectivity index (χ4v) is 1.70. The Morgan fingerprint density at radius 1 is 1.09 bits per heavy atom. The molecule has 0 heterocycles. The number of benzene rings is 1. The molecule has 0 fully saturated rings. The number of esters is 2. The molecule has 0 unspecified atom stereocenters. The summed E-state index contributed by atoms with van der Waals surface area (Å²) in [5.74, 6) is 0.0740. The molecule has 0 radical (unpaired) electrons. The lowest BCUT2D eigenvalue weighted by atomic mass is 10.2. The Labute approximate surface area is 131 Å². The van der Waals surface area contributed by atoms with Crippen LogP contribution in [0.5, 0.6) is 5.75 Å². The monoisotopic (exact) mass is 308 g/mol. The van der Waals surface area contributed by atoms with E-state index in [0.29, 0.717) is 37.4 Å². The van der Waals surface area contributed by atoms with E-state index < -0.39 is 5.60 Å². The molecule has 1 rings (SSSR count). The molecule has 5 heteroatoms. The summed E-state index contributed by atoms with van der Waals surface area (Å²) in [7, 11) is 0. The van der Waals surface area contributed by atoms with Gasteiger partial charge in [0.1, 0.15) is 11.4 Å². The second-order valence-electron chi connectivity index (χ2n) is 5.78. The van der Waals surface area contributed by atoms with Gasteiger partial charge in [-0.1, -0.05) is 0 Å². The van der Waals surface area contributed by atoms with E-state index in [2.05, 4.69) is 0 Å². The second-order valence-corrected chi connectivity index (χ2v) is 5.78. The molecule has 22 heavy (non-hydrogen) atoms. The van der Waals surface area contributed by atoms with E-state index in [-0.39, 0.29) is 11.9 Å². The zero-order valence-electron chi connectivity index (χ0n) is 13.7. The molecule has 1 aromatic carbocycles. The molecule has 0 aromatic heterocycles. The van der Waals surface area contributed by atoms with Crippen molar-refractivity contribution in [1.82, 2.24) is 0 Å². The highest BCUT2D eigenvalue weighted by Crippen LogP contribution is 2.14. The molecule has 0 N–H and O–H groups in total. The smallest absolute Gasteiger partial charge is 0.338 e. The first-order chi connectivity index (χ1) is 10.3. The van der Waals surface area contributed by atoms with Gasteiger partial charge in [0.05, 0.1) is 18.8 Å². The van der Waals surface area contributed by atoms with Crippen LogP contribution in [0.15, 0.2) is 24.3 Å². The van der Waals surface area contributed by atoms with Crippen LogP contribution in [0.4, 0.5) is 0 Å². The zero-order chi connectivity index (χ0) is 16.6. The number of hydrogen-bond acceptors (Lipinski definition) is 5. The first kappa shape index (κ1) is 18.0. The van der Waals surface area contributed by atoms with Crippen LogP contribution in [0.1, 0.15) is 50.9 Å². The first-order valence-corrected chi connectivity index (χ1v) is 7.43. The van der Waals surface area contributed by atoms with E-state index in [9.17, 15) is 9.59 Å². The predicted octanol–water partition coefficient (Wildman–Crippen LogP) is 3.36. The SMILES string of the molecule is CCOC(=O)c1ccc(OCCCC(=O)OC(C)(C)C)cc1. The summed E-state index contributed by atoms with van der Waals surface area (Å²) in [4.78, 5) is 23.0. The van der Waals surface area contributed by atoms with Crippen LogP contribution >= 0.6 is 0 Å². The van der Waals surface area contributed by atoms with E-state index in [0.717, 1.165) is 0 Å². The fourth-order valence-electron chi connectivity index (χ4n) is 1.70. The lowest BCUT2D eigenvalue weighted by Crippen LogP contribution is -2.23. The Bertz CT molecular complexity index is 485.